The van der Waals surface area contributed by atoms with E-state index >= 15 is 0 Å². The molecule has 0 bridgehead atoms. The molecule has 4 rings (SSSR count). The number of carbonyl (C=O) groups is 2. The van der Waals surface area contributed by atoms with Gasteiger partial charge in [-0.2, -0.15) is 0 Å². The van der Waals surface area contributed by atoms with Gasteiger partial charge in [-0.05, 0) is 23.8 Å². The highest BCUT2D eigenvalue weighted by molar-refractivity contribution is 7.21. The summed E-state index contributed by atoms with van der Waals surface area (Å²) in [5.74, 6) is -2.06. The summed E-state index contributed by atoms with van der Waals surface area (Å²) in [6, 6.07) is 7.49. The third-order valence-electron chi connectivity index (χ3n) is 3.79. The van der Waals surface area contributed by atoms with Gasteiger partial charge in [0.1, 0.15) is 16.4 Å². The number of phenolic OH excluding ortho intramolecular Hbond substituents is 2. The zero-order valence-electron chi connectivity index (χ0n) is 11.0. The SMILES string of the molecule is O=C(O)c1sc2ccc(O)c3c2c1-c1cccc(O)c1C3=O. The van der Waals surface area contributed by atoms with Crippen LogP contribution in [0, 0.1) is 0 Å². The van der Waals surface area contributed by atoms with E-state index in [9.17, 15) is 24.9 Å². The smallest absolute Gasteiger partial charge is 0.346 e. The maximum absolute atomic E-state index is 12.7. The number of carbonyl (C=O) groups excluding carboxylic acids is 1. The molecular weight excluding hydrogens is 304 g/mol. The minimum atomic E-state index is -1.11. The number of aromatic hydroxyl groups is 2. The molecule has 0 aliphatic heterocycles. The average molecular weight is 312 g/mol. The molecule has 0 saturated carbocycles. The van der Waals surface area contributed by atoms with Crippen LogP contribution in [0.25, 0.3) is 21.2 Å². The third-order valence-corrected chi connectivity index (χ3v) is 4.94. The minimum absolute atomic E-state index is 0.0266. The molecule has 1 aromatic heterocycles. The topological polar surface area (TPSA) is 94.8 Å². The van der Waals surface area contributed by atoms with Crippen LogP contribution in [0.4, 0.5) is 0 Å². The van der Waals surface area contributed by atoms with Crippen molar-refractivity contribution in [1.29, 1.82) is 0 Å². The van der Waals surface area contributed by atoms with E-state index in [1.54, 1.807) is 18.2 Å². The first-order valence-corrected chi connectivity index (χ1v) is 7.21. The minimum Gasteiger partial charge on any atom is -0.507 e. The van der Waals surface area contributed by atoms with Crippen LogP contribution >= 0.6 is 11.3 Å². The predicted octanol–water partition coefficient (Wildman–Crippen LogP) is 3.22. The van der Waals surface area contributed by atoms with Gasteiger partial charge < -0.3 is 15.3 Å². The second-order valence-electron chi connectivity index (χ2n) is 4.97. The van der Waals surface area contributed by atoms with Gasteiger partial charge in [0.05, 0.1) is 11.1 Å². The Kier molecular flexibility index (Phi) is 2.38. The lowest BCUT2D eigenvalue weighted by Gasteiger charge is -2.18. The van der Waals surface area contributed by atoms with E-state index in [1.165, 1.54) is 12.1 Å². The molecule has 0 fully saturated rings. The molecule has 3 aromatic rings. The monoisotopic (exact) mass is 312 g/mol. The van der Waals surface area contributed by atoms with Gasteiger partial charge in [0.25, 0.3) is 0 Å². The van der Waals surface area contributed by atoms with Crippen molar-refractivity contribution >= 4 is 33.2 Å². The maximum Gasteiger partial charge on any atom is 0.346 e. The average Bonchev–Trinajstić information content (AvgIpc) is 2.86. The number of aromatic carboxylic acids is 1. The Morgan fingerprint density at radius 1 is 0.955 bits per heavy atom. The van der Waals surface area contributed by atoms with Crippen molar-refractivity contribution in [2.45, 2.75) is 0 Å². The number of rotatable bonds is 1. The quantitative estimate of drug-likeness (QED) is 0.501. The molecule has 0 saturated heterocycles. The molecule has 5 nitrogen and oxygen atoms in total. The van der Waals surface area contributed by atoms with Crippen molar-refractivity contribution < 1.29 is 24.9 Å². The molecule has 0 spiro atoms. The first-order valence-electron chi connectivity index (χ1n) is 6.39. The highest BCUT2D eigenvalue weighted by Gasteiger charge is 2.34. The summed E-state index contributed by atoms with van der Waals surface area (Å²) < 4.78 is 0.613. The fourth-order valence-corrected chi connectivity index (χ4v) is 3.99. The largest absolute Gasteiger partial charge is 0.507 e. The van der Waals surface area contributed by atoms with E-state index in [2.05, 4.69) is 0 Å². The van der Waals surface area contributed by atoms with Crippen molar-refractivity contribution in [1.82, 2.24) is 0 Å². The number of thiophene rings is 1. The Morgan fingerprint density at radius 3 is 2.41 bits per heavy atom. The molecule has 22 heavy (non-hydrogen) atoms. The van der Waals surface area contributed by atoms with Crippen molar-refractivity contribution in [3.05, 3.63) is 46.3 Å². The zero-order valence-corrected chi connectivity index (χ0v) is 11.8. The van der Waals surface area contributed by atoms with Crippen LogP contribution in [0.1, 0.15) is 25.6 Å². The number of hydrogen-bond acceptors (Lipinski definition) is 5. The summed E-state index contributed by atoms with van der Waals surface area (Å²) in [4.78, 5) is 24.3. The van der Waals surface area contributed by atoms with Crippen molar-refractivity contribution in [3.8, 4) is 22.6 Å². The maximum atomic E-state index is 12.7. The second-order valence-corrected chi connectivity index (χ2v) is 6.03. The van der Waals surface area contributed by atoms with Gasteiger partial charge in [-0.1, -0.05) is 12.1 Å². The van der Waals surface area contributed by atoms with Crippen LogP contribution < -0.4 is 0 Å². The van der Waals surface area contributed by atoms with Crippen LogP contribution in [0.15, 0.2) is 30.3 Å². The molecule has 0 radical (unpaired) electrons. The van der Waals surface area contributed by atoms with E-state index in [0.29, 0.717) is 21.2 Å². The number of carboxylic acid groups (broad SMARTS) is 1. The van der Waals surface area contributed by atoms with Gasteiger partial charge in [0, 0.05) is 15.6 Å². The highest BCUT2D eigenvalue weighted by Crippen LogP contribution is 2.49. The molecule has 2 aromatic carbocycles. The van der Waals surface area contributed by atoms with Crippen LogP contribution in [-0.4, -0.2) is 27.1 Å². The molecule has 1 aliphatic rings. The van der Waals surface area contributed by atoms with E-state index in [4.69, 9.17) is 0 Å². The summed E-state index contributed by atoms with van der Waals surface area (Å²) in [7, 11) is 0. The Bertz CT molecular complexity index is 999. The number of phenols is 2. The Labute approximate surface area is 127 Å². The van der Waals surface area contributed by atoms with Gasteiger partial charge in [-0.25, -0.2) is 4.79 Å². The second kappa shape index (κ2) is 4.08. The number of carboxylic acids is 1. The lowest BCUT2D eigenvalue weighted by Crippen LogP contribution is -2.10. The lowest BCUT2D eigenvalue weighted by molar-refractivity contribution is 0.0702. The number of ketones is 1. The van der Waals surface area contributed by atoms with Crippen molar-refractivity contribution in [3.63, 3.8) is 0 Å². The summed E-state index contributed by atoms with van der Waals surface area (Å²) in [5, 5.41) is 30.0. The van der Waals surface area contributed by atoms with Crippen LogP contribution in [0.5, 0.6) is 11.5 Å². The highest BCUT2D eigenvalue weighted by atomic mass is 32.1. The van der Waals surface area contributed by atoms with Gasteiger partial charge in [-0.3, -0.25) is 4.79 Å². The summed E-state index contributed by atoms with van der Waals surface area (Å²) in [5.41, 5.74) is 0.833. The lowest BCUT2D eigenvalue weighted by atomic mass is 9.84. The summed E-state index contributed by atoms with van der Waals surface area (Å²) in [6.07, 6.45) is 0. The van der Waals surface area contributed by atoms with Crippen molar-refractivity contribution in [2.75, 3.05) is 0 Å². The molecule has 1 heterocycles. The number of fused-ring (bicyclic) bond motifs is 2. The van der Waals surface area contributed by atoms with Crippen LogP contribution in [0.2, 0.25) is 0 Å². The fraction of sp³-hybridized carbons (Fsp3) is 0. The van der Waals surface area contributed by atoms with E-state index in [-0.39, 0.29) is 27.5 Å². The van der Waals surface area contributed by atoms with Crippen LogP contribution in [0.3, 0.4) is 0 Å². The normalized spacial score (nSPS) is 12.5. The molecule has 108 valence electrons. The van der Waals surface area contributed by atoms with E-state index in [0.717, 1.165) is 11.3 Å². The third kappa shape index (κ3) is 1.42. The molecule has 6 heteroatoms. The molecule has 0 unspecified atom stereocenters. The number of hydrogen-bond donors (Lipinski definition) is 3. The molecule has 0 atom stereocenters. The van der Waals surface area contributed by atoms with Crippen LogP contribution in [-0.2, 0) is 0 Å². The van der Waals surface area contributed by atoms with E-state index in [1.807, 2.05) is 0 Å². The molecular formula is C16H8O5S. The van der Waals surface area contributed by atoms with E-state index < -0.39 is 11.8 Å². The summed E-state index contributed by atoms with van der Waals surface area (Å²) >= 11 is 1.05. The standard InChI is InChI=1S/C16H8O5S/c17-7-3-1-2-6-10(7)14(19)12-8(18)4-5-9-13(12)11(6)15(22-9)16(20)21/h1-5,17-18H,(H,20,21). The number of benzene rings is 2. The van der Waals surface area contributed by atoms with Crippen molar-refractivity contribution in [2.24, 2.45) is 0 Å². The van der Waals surface area contributed by atoms with Gasteiger partial charge in [-0.15, -0.1) is 11.3 Å². The summed E-state index contributed by atoms with van der Waals surface area (Å²) in [6.45, 7) is 0. The van der Waals surface area contributed by atoms with Gasteiger partial charge in [0.15, 0.2) is 0 Å². The zero-order chi connectivity index (χ0) is 15.6. The molecule has 1 aliphatic carbocycles. The van der Waals surface area contributed by atoms with Gasteiger partial charge >= 0.3 is 5.97 Å². The molecule has 3 N–H and O–H groups in total. The Balaban J connectivity index is 2.30. The molecule has 0 amide bonds. The first-order chi connectivity index (χ1) is 10.5. The fourth-order valence-electron chi connectivity index (χ4n) is 2.93. The van der Waals surface area contributed by atoms with Gasteiger partial charge in [0.2, 0.25) is 5.78 Å². The Hall–Kier alpha value is -2.86. The Morgan fingerprint density at radius 2 is 1.68 bits per heavy atom. The first kappa shape index (κ1) is 12.8. The predicted molar refractivity (Wildman–Crippen MR) is 81.0 cm³/mol.